The van der Waals surface area contributed by atoms with Crippen LogP contribution in [0.15, 0.2) is 65.8 Å². The van der Waals surface area contributed by atoms with Gasteiger partial charge in [0.15, 0.2) is 5.16 Å². The highest BCUT2D eigenvalue weighted by Crippen LogP contribution is 2.18. The highest BCUT2D eigenvalue weighted by Gasteiger charge is 2.12. The topological polar surface area (TPSA) is 63.1 Å². The van der Waals surface area contributed by atoms with Crippen molar-refractivity contribution in [3.63, 3.8) is 0 Å². The molecule has 0 aliphatic carbocycles. The number of aryl methyl sites for hydroxylation is 1. The van der Waals surface area contributed by atoms with E-state index in [4.69, 9.17) is 0 Å². The zero-order chi connectivity index (χ0) is 20.5. The van der Waals surface area contributed by atoms with E-state index >= 15 is 0 Å². The molecule has 0 spiro atoms. The molecule has 7 heteroatoms. The Bertz CT molecular complexity index is 898. The predicted molar refractivity (Wildman–Crippen MR) is 117 cm³/mol. The number of carbonyl (C=O) groups excluding carboxylic acids is 1. The molecule has 0 aliphatic rings. The quantitative estimate of drug-likeness (QED) is 0.522. The fraction of sp³-hybridized carbons (Fsp3) is 0.318. The molecule has 152 valence electrons. The molecule has 0 radical (unpaired) electrons. The largest absolute Gasteiger partial charge is 0.354 e. The summed E-state index contributed by atoms with van der Waals surface area (Å²) in [7, 11) is 2.06. The van der Waals surface area contributed by atoms with E-state index in [1.54, 1.807) is 0 Å². The number of benzene rings is 2. The van der Waals surface area contributed by atoms with E-state index in [1.807, 2.05) is 47.9 Å². The minimum absolute atomic E-state index is 0.00928. The van der Waals surface area contributed by atoms with Crippen LogP contribution in [0.3, 0.4) is 0 Å². The van der Waals surface area contributed by atoms with E-state index in [-0.39, 0.29) is 5.91 Å². The second kappa shape index (κ2) is 10.8. The monoisotopic (exact) mass is 409 g/mol. The molecule has 6 nitrogen and oxygen atoms in total. The summed E-state index contributed by atoms with van der Waals surface area (Å²) in [5.41, 5.74) is 2.45. The number of amides is 1. The molecule has 2 aromatic carbocycles. The van der Waals surface area contributed by atoms with Crippen LogP contribution in [-0.2, 0) is 17.9 Å². The number of rotatable bonds is 10. The molecule has 1 aromatic heterocycles. The maximum absolute atomic E-state index is 12.2. The van der Waals surface area contributed by atoms with Crippen molar-refractivity contribution < 1.29 is 4.79 Å². The van der Waals surface area contributed by atoms with Gasteiger partial charge in [0.25, 0.3) is 0 Å². The third-order valence-corrected chi connectivity index (χ3v) is 5.50. The predicted octanol–water partition coefficient (Wildman–Crippen LogP) is 2.98. The average Bonchev–Trinajstić information content (AvgIpc) is 3.07. The molecule has 0 saturated heterocycles. The smallest absolute Gasteiger partial charge is 0.230 e. The van der Waals surface area contributed by atoms with Gasteiger partial charge in [-0.25, -0.2) is 0 Å². The molecule has 3 rings (SSSR count). The Morgan fingerprint density at radius 1 is 1.03 bits per heavy atom. The highest BCUT2D eigenvalue weighted by molar-refractivity contribution is 7.99. The minimum Gasteiger partial charge on any atom is -0.354 e. The summed E-state index contributed by atoms with van der Waals surface area (Å²) in [6.45, 7) is 4.93. The molecule has 1 heterocycles. The van der Waals surface area contributed by atoms with Crippen LogP contribution in [0.5, 0.6) is 0 Å². The lowest BCUT2D eigenvalue weighted by molar-refractivity contribution is -0.118. The first-order chi connectivity index (χ1) is 14.1. The fourth-order valence-corrected chi connectivity index (χ4v) is 3.77. The zero-order valence-corrected chi connectivity index (χ0v) is 17.7. The Morgan fingerprint density at radius 2 is 1.69 bits per heavy atom. The van der Waals surface area contributed by atoms with Crippen LogP contribution in [-0.4, -0.2) is 51.5 Å². The Morgan fingerprint density at radius 3 is 2.38 bits per heavy atom. The standard InChI is InChI=1S/C22H27N5OS/c1-18-24-25-22(27(18)16-20-11-7-4-8-12-20)29-17-21(28)23-13-14-26(2)15-19-9-5-3-6-10-19/h3-12H,13-17H2,1-2H3,(H,23,28). The van der Waals surface area contributed by atoms with Gasteiger partial charge in [0.2, 0.25) is 5.91 Å². The zero-order valence-electron chi connectivity index (χ0n) is 16.9. The van der Waals surface area contributed by atoms with Crippen molar-refractivity contribution in [3.05, 3.63) is 77.6 Å². The van der Waals surface area contributed by atoms with Gasteiger partial charge >= 0.3 is 0 Å². The van der Waals surface area contributed by atoms with Crippen LogP contribution in [0.2, 0.25) is 0 Å². The van der Waals surface area contributed by atoms with E-state index < -0.39 is 0 Å². The van der Waals surface area contributed by atoms with Gasteiger partial charge in [-0.2, -0.15) is 0 Å². The summed E-state index contributed by atoms with van der Waals surface area (Å²) in [6, 6.07) is 20.5. The molecular formula is C22H27N5OS. The van der Waals surface area contributed by atoms with Crippen molar-refractivity contribution in [2.45, 2.75) is 25.2 Å². The highest BCUT2D eigenvalue weighted by atomic mass is 32.2. The SMILES string of the molecule is Cc1nnc(SCC(=O)NCCN(C)Cc2ccccc2)n1Cc1ccccc1. The van der Waals surface area contributed by atoms with Gasteiger partial charge in [-0.1, -0.05) is 72.4 Å². The molecule has 0 unspecified atom stereocenters. The molecule has 3 aromatic rings. The van der Waals surface area contributed by atoms with Gasteiger partial charge in [0.1, 0.15) is 5.82 Å². The average molecular weight is 410 g/mol. The molecular weight excluding hydrogens is 382 g/mol. The first kappa shape index (κ1) is 21.1. The van der Waals surface area contributed by atoms with E-state index in [2.05, 4.69) is 51.7 Å². The van der Waals surface area contributed by atoms with Crippen LogP contribution in [0, 0.1) is 6.92 Å². The number of hydrogen-bond acceptors (Lipinski definition) is 5. The van der Waals surface area contributed by atoms with Crippen molar-refractivity contribution in [1.82, 2.24) is 25.0 Å². The summed E-state index contributed by atoms with van der Waals surface area (Å²) < 4.78 is 2.04. The lowest BCUT2D eigenvalue weighted by Gasteiger charge is -2.17. The van der Waals surface area contributed by atoms with Gasteiger partial charge in [-0.3, -0.25) is 4.79 Å². The normalized spacial score (nSPS) is 11.0. The van der Waals surface area contributed by atoms with E-state index in [1.165, 1.54) is 22.9 Å². The van der Waals surface area contributed by atoms with Crippen LogP contribution < -0.4 is 5.32 Å². The molecule has 0 fully saturated rings. The molecule has 0 aliphatic heterocycles. The second-order valence-corrected chi connectivity index (χ2v) is 7.91. The first-order valence-corrected chi connectivity index (χ1v) is 10.7. The molecule has 1 amide bonds. The van der Waals surface area contributed by atoms with Crippen molar-refractivity contribution in [3.8, 4) is 0 Å². The molecule has 1 N–H and O–H groups in total. The number of likely N-dealkylation sites (N-methyl/N-ethyl adjacent to an activating group) is 1. The lowest BCUT2D eigenvalue weighted by atomic mass is 10.2. The number of nitrogens with one attached hydrogen (secondary N) is 1. The Labute approximate surface area is 176 Å². The summed E-state index contributed by atoms with van der Waals surface area (Å²) in [5, 5.41) is 12.1. The van der Waals surface area contributed by atoms with Crippen molar-refractivity contribution in [1.29, 1.82) is 0 Å². The van der Waals surface area contributed by atoms with E-state index in [9.17, 15) is 4.79 Å². The van der Waals surface area contributed by atoms with Crippen LogP contribution >= 0.6 is 11.8 Å². The number of carbonyl (C=O) groups is 1. The summed E-state index contributed by atoms with van der Waals surface area (Å²) in [4.78, 5) is 14.4. The van der Waals surface area contributed by atoms with Crippen LogP contribution in [0.25, 0.3) is 0 Å². The summed E-state index contributed by atoms with van der Waals surface area (Å²) >= 11 is 1.42. The number of thioether (sulfide) groups is 1. The van der Waals surface area contributed by atoms with Crippen LogP contribution in [0.1, 0.15) is 17.0 Å². The van der Waals surface area contributed by atoms with Gasteiger partial charge < -0.3 is 14.8 Å². The van der Waals surface area contributed by atoms with Crippen LogP contribution in [0.4, 0.5) is 0 Å². The molecule has 0 bridgehead atoms. The summed E-state index contributed by atoms with van der Waals surface area (Å²) in [6.07, 6.45) is 0. The minimum atomic E-state index is 0.00928. The van der Waals surface area contributed by atoms with E-state index in [0.717, 1.165) is 24.1 Å². The third kappa shape index (κ3) is 6.73. The number of aromatic nitrogens is 3. The molecule has 0 atom stereocenters. The molecule has 0 saturated carbocycles. The first-order valence-electron chi connectivity index (χ1n) is 9.67. The van der Waals surface area contributed by atoms with Gasteiger partial charge in [0, 0.05) is 19.6 Å². The summed E-state index contributed by atoms with van der Waals surface area (Å²) in [5.74, 6) is 1.18. The Balaban J connectivity index is 1.42. The number of hydrogen-bond donors (Lipinski definition) is 1. The van der Waals surface area contributed by atoms with E-state index in [0.29, 0.717) is 18.8 Å². The van der Waals surface area contributed by atoms with Crippen molar-refractivity contribution in [2.24, 2.45) is 0 Å². The lowest BCUT2D eigenvalue weighted by Crippen LogP contribution is -2.33. The van der Waals surface area contributed by atoms with Crippen molar-refractivity contribution >= 4 is 17.7 Å². The fourth-order valence-electron chi connectivity index (χ4n) is 2.96. The van der Waals surface area contributed by atoms with Crippen molar-refractivity contribution in [2.75, 3.05) is 25.9 Å². The third-order valence-electron chi connectivity index (χ3n) is 4.53. The van der Waals surface area contributed by atoms with Gasteiger partial charge in [-0.15, -0.1) is 10.2 Å². The Kier molecular flexibility index (Phi) is 7.84. The Hall–Kier alpha value is -2.64. The molecule has 29 heavy (non-hydrogen) atoms. The second-order valence-electron chi connectivity index (χ2n) is 6.96. The maximum Gasteiger partial charge on any atom is 0.230 e. The number of nitrogens with zero attached hydrogens (tertiary/aromatic N) is 4. The van der Waals surface area contributed by atoms with Gasteiger partial charge in [0.05, 0.1) is 12.3 Å². The maximum atomic E-state index is 12.2. The van der Waals surface area contributed by atoms with Gasteiger partial charge in [-0.05, 0) is 25.1 Å².